The number of ether oxygens (including phenoxy) is 1. The van der Waals surface area contributed by atoms with E-state index in [0.29, 0.717) is 11.5 Å². The maximum atomic E-state index is 12.9. The van der Waals surface area contributed by atoms with Gasteiger partial charge < -0.3 is 10.1 Å². The fourth-order valence-corrected chi connectivity index (χ4v) is 3.10. The van der Waals surface area contributed by atoms with Crippen molar-refractivity contribution in [2.45, 2.75) is 19.6 Å². The molecule has 0 saturated carbocycles. The van der Waals surface area contributed by atoms with E-state index in [1.165, 1.54) is 6.33 Å². The van der Waals surface area contributed by atoms with E-state index in [4.69, 9.17) is 4.74 Å². The number of hydrogen-bond acceptors (Lipinski definition) is 5. The number of anilines is 1. The van der Waals surface area contributed by atoms with Crippen molar-refractivity contribution >= 4 is 11.9 Å². The molecular formula is C20H18N4O2. The van der Waals surface area contributed by atoms with Crippen LogP contribution in [0.4, 0.5) is 5.95 Å². The second kappa shape index (κ2) is 6.84. The van der Waals surface area contributed by atoms with E-state index in [-0.39, 0.29) is 18.6 Å². The fraction of sp³-hybridized carbons (Fsp3) is 0.150. The maximum Gasteiger partial charge on any atom is 0.338 e. The average molecular weight is 346 g/mol. The van der Waals surface area contributed by atoms with E-state index in [2.05, 4.69) is 15.4 Å². The summed E-state index contributed by atoms with van der Waals surface area (Å²) in [4.78, 5) is 17.1. The van der Waals surface area contributed by atoms with Gasteiger partial charge in [-0.25, -0.2) is 9.48 Å². The van der Waals surface area contributed by atoms with Gasteiger partial charge in [-0.15, -0.1) is 0 Å². The molecule has 0 aliphatic carbocycles. The fourth-order valence-electron chi connectivity index (χ4n) is 3.10. The Balaban J connectivity index is 1.67. The lowest BCUT2D eigenvalue weighted by molar-refractivity contribution is -0.140. The molecule has 0 fully saturated rings. The van der Waals surface area contributed by atoms with Crippen LogP contribution in [0.2, 0.25) is 0 Å². The molecule has 4 rings (SSSR count). The Morgan fingerprint density at radius 1 is 1.12 bits per heavy atom. The minimum atomic E-state index is -0.377. The number of hydrogen-bond donors (Lipinski definition) is 1. The highest BCUT2D eigenvalue weighted by Gasteiger charge is 2.34. The molecule has 26 heavy (non-hydrogen) atoms. The van der Waals surface area contributed by atoms with E-state index in [0.717, 1.165) is 16.8 Å². The molecule has 1 N–H and O–H groups in total. The smallest absolute Gasteiger partial charge is 0.338 e. The Hall–Kier alpha value is -3.41. The van der Waals surface area contributed by atoms with Crippen molar-refractivity contribution in [3.8, 4) is 0 Å². The van der Waals surface area contributed by atoms with Crippen LogP contribution in [0.5, 0.6) is 0 Å². The van der Waals surface area contributed by atoms with Crippen molar-refractivity contribution in [3.63, 3.8) is 0 Å². The van der Waals surface area contributed by atoms with Crippen molar-refractivity contribution in [2.24, 2.45) is 0 Å². The van der Waals surface area contributed by atoms with Crippen LogP contribution < -0.4 is 5.32 Å². The third kappa shape index (κ3) is 2.97. The number of nitrogens with zero attached hydrogens (tertiary/aromatic N) is 3. The number of fused-ring (bicyclic) bond motifs is 1. The molecule has 1 aliphatic heterocycles. The quantitative estimate of drug-likeness (QED) is 0.734. The van der Waals surface area contributed by atoms with Gasteiger partial charge in [0.05, 0.1) is 5.57 Å². The predicted molar refractivity (Wildman–Crippen MR) is 97.2 cm³/mol. The molecule has 1 aromatic heterocycles. The Bertz CT molecular complexity index is 948. The van der Waals surface area contributed by atoms with Gasteiger partial charge in [0.1, 0.15) is 19.0 Å². The number of carbonyl (C=O) groups excluding carboxylic acids is 1. The molecule has 0 spiro atoms. The first-order valence-electron chi connectivity index (χ1n) is 8.37. The summed E-state index contributed by atoms with van der Waals surface area (Å²) in [5.41, 5.74) is 3.15. The van der Waals surface area contributed by atoms with Crippen LogP contribution in [-0.2, 0) is 16.1 Å². The van der Waals surface area contributed by atoms with Crippen molar-refractivity contribution in [1.82, 2.24) is 14.8 Å². The standard InChI is InChI=1S/C20H18N4O2/c1-14-17(19(25)26-12-15-8-4-2-5-9-15)18(16-10-6-3-7-11-16)24-20(23-14)21-13-22-24/h2-11,13,18H,12H2,1H3,(H,21,22,23)/t18-/m0/s1. The SMILES string of the molecule is CC1=C(C(=O)OCc2ccccc2)[C@H](c2ccccc2)n2ncnc2N1. The third-order valence-electron chi connectivity index (χ3n) is 4.34. The Morgan fingerprint density at radius 2 is 1.81 bits per heavy atom. The van der Waals surface area contributed by atoms with Crippen molar-refractivity contribution in [1.29, 1.82) is 0 Å². The van der Waals surface area contributed by atoms with Crippen molar-refractivity contribution < 1.29 is 9.53 Å². The number of aromatic nitrogens is 3. The molecule has 6 heteroatoms. The van der Waals surface area contributed by atoms with Crippen LogP contribution in [-0.4, -0.2) is 20.7 Å². The highest BCUT2D eigenvalue weighted by molar-refractivity contribution is 5.92. The van der Waals surface area contributed by atoms with Crippen molar-refractivity contribution in [2.75, 3.05) is 5.32 Å². The summed E-state index contributed by atoms with van der Waals surface area (Å²) in [5, 5.41) is 7.44. The third-order valence-corrected chi connectivity index (χ3v) is 4.34. The van der Waals surface area contributed by atoms with Crippen molar-refractivity contribution in [3.05, 3.63) is 89.4 Å². The molecule has 0 saturated heterocycles. The van der Waals surface area contributed by atoms with Gasteiger partial charge in [0.2, 0.25) is 5.95 Å². The summed E-state index contributed by atoms with van der Waals surface area (Å²) < 4.78 is 7.29. The molecule has 1 atom stereocenters. The zero-order chi connectivity index (χ0) is 17.9. The molecule has 2 aromatic carbocycles. The van der Waals surface area contributed by atoms with Gasteiger partial charge in [-0.05, 0) is 18.1 Å². The van der Waals surface area contributed by atoms with E-state index < -0.39 is 0 Å². The summed E-state index contributed by atoms with van der Waals surface area (Å²) in [5.74, 6) is 0.241. The van der Waals surface area contributed by atoms with Crippen LogP contribution >= 0.6 is 0 Å². The normalized spacial score (nSPS) is 16.0. The van der Waals surface area contributed by atoms with Crippen LogP contribution in [0.3, 0.4) is 0 Å². The molecule has 0 radical (unpaired) electrons. The molecule has 0 bridgehead atoms. The lowest BCUT2D eigenvalue weighted by Crippen LogP contribution is -2.29. The molecule has 1 aliphatic rings. The van der Waals surface area contributed by atoms with Gasteiger partial charge in [-0.2, -0.15) is 10.1 Å². The van der Waals surface area contributed by atoms with Crippen LogP contribution in [0.15, 0.2) is 78.3 Å². The first-order valence-corrected chi connectivity index (χ1v) is 8.37. The van der Waals surface area contributed by atoms with Gasteiger partial charge >= 0.3 is 5.97 Å². The van der Waals surface area contributed by atoms with Crippen LogP contribution in [0.25, 0.3) is 0 Å². The van der Waals surface area contributed by atoms with E-state index in [9.17, 15) is 4.79 Å². The molecule has 0 unspecified atom stereocenters. The highest BCUT2D eigenvalue weighted by atomic mass is 16.5. The van der Waals surface area contributed by atoms with Gasteiger partial charge in [-0.3, -0.25) is 0 Å². The first-order chi connectivity index (χ1) is 12.7. The summed E-state index contributed by atoms with van der Waals surface area (Å²) >= 11 is 0. The lowest BCUT2D eigenvalue weighted by atomic mass is 9.96. The summed E-state index contributed by atoms with van der Waals surface area (Å²) in [6.07, 6.45) is 1.48. The monoisotopic (exact) mass is 346 g/mol. The number of benzene rings is 2. The van der Waals surface area contributed by atoms with E-state index in [1.807, 2.05) is 67.6 Å². The first kappa shape index (κ1) is 16.1. The molecule has 130 valence electrons. The number of rotatable bonds is 4. The molecule has 0 amide bonds. The van der Waals surface area contributed by atoms with E-state index in [1.54, 1.807) is 4.68 Å². The minimum Gasteiger partial charge on any atom is -0.457 e. The van der Waals surface area contributed by atoms with Gasteiger partial charge in [0, 0.05) is 5.70 Å². The Kier molecular flexibility index (Phi) is 4.23. The summed E-state index contributed by atoms with van der Waals surface area (Å²) in [6.45, 7) is 2.08. The Morgan fingerprint density at radius 3 is 2.54 bits per heavy atom. The van der Waals surface area contributed by atoms with Gasteiger partial charge in [-0.1, -0.05) is 60.7 Å². The summed E-state index contributed by atoms with van der Waals surface area (Å²) in [7, 11) is 0. The highest BCUT2D eigenvalue weighted by Crippen LogP contribution is 2.35. The average Bonchev–Trinajstić information content (AvgIpc) is 3.14. The number of carbonyl (C=O) groups is 1. The number of allylic oxidation sites excluding steroid dienone is 1. The zero-order valence-corrected chi connectivity index (χ0v) is 14.3. The van der Waals surface area contributed by atoms with Gasteiger partial charge in [0.15, 0.2) is 0 Å². The topological polar surface area (TPSA) is 69.0 Å². The van der Waals surface area contributed by atoms with E-state index >= 15 is 0 Å². The lowest BCUT2D eigenvalue weighted by Gasteiger charge is -2.28. The number of esters is 1. The molecule has 2 heterocycles. The Labute approximate surface area is 151 Å². The van der Waals surface area contributed by atoms with Crippen LogP contribution in [0, 0.1) is 0 Å². The molecule has 3 aromatic rings. The van der Waals surface area contributed by atoms with Crippen LogP contribution in [0.1, 0.15) is 24.1 Å². The maximum absolute atomic E-state index is 12.9. The second-order valence-corrected chi connectivity index (χ2v) is 6.07. The zero-order valence-electron chi connectivity index (χ0n) is 14.3. The largest absolute Gasteiger partial charge is 0.457 e. The summed E-state index contributed by atoms with van der Waals surface area (Å²) in [6, 6.07) is 19.0. The van der Waals surface area contributed by atoms with Gasteiger partial charge in [0.25, 0.3) is 0 Å². The number of nitrogens with one attached hydrogen (secondary N) is 1. The predicted octanol–water partition coefficient (Wildman–Crippen LogP) is 3.31. The molecule has 6 nitrogen and oxygen atoms in total. The second-order valence-electron chi connectivity index (χ2n) is 6.07. The molecular weight excluding hydrogens is 328 g/mol. The minimum absolute atomic E-state index is 0.224.